The van der Waals surface area contributed by atoms with Gasteiger partial charge in [-0.2, -0.15) is 0 Å². The number of hydrogen-bond acceptors (Lipinski definition) is 5. The van der Waals surface area contributed by atoms with E-state index in [1.54, 1.807) is 13.0 Å². The van der Waals surface area contributed by atoms with Gasteiger partial charge in [-0.25, -0.2) is 10.8 Å². The Morgan fingerprint density at radius 3 is 2.50 bits per heavy atom. The minimum atomic E-state index is -0.355. The maximum atomic E-state index is 11.1. The summed E-state index contributed by atoms with van der Waals surface area (Å²) in [7, 11) is 0. The van der Waals surface area contributed by atoms with E-state index in [0.29, 0.717) is 11.4 Å². The average molecular weight is 274 g/mol. The largest absolute Gasteiger partial charge is 0.308 e. The Morgan fingerprint density at radius 1 is 1.35 bits per heavy atom. The SMILES string of the molecule is Cc1c([N+](=O)[O-])cc(C)c2nc(NN)c(C(C)C)cc12. The minimum absolute atomic E-state index is 0.125. The lowest BCUT2D eigenvalue weighted by atomic mass is 9.97. The first kappa shape index (κ1) is 14.2. The fraction of sp³-hybridized carbons (Fsp3) is 0.357. The van der Waals surface area contributed by atoms with E-state index in [-0.39, 0.29) is 16.5 Å². The number of aromatic nitrogens is 1. The number of nitrogens with zero attached hydrogens (tertiary/aromatic N) is 2. The number of hydrazine groups is 1. The molecule has 2 rings (SSSR count). The highest BCUT2D eigenvalue weighted by atomic mass is 16.6. The van der Waals surface area contributed by atoms with Gasteiger partial charge in [-0.15, -0.1) is 0 Å². The maximum absolute atomic E-state index is 11.1. The van der Waals surface area contributed by atoms with Crippen LogP contribution in [0.1, 0.15) is 36.5 Å². The van der Waals surface area contributed by atoms with Crippen LogP contribution in [0.3, 0.4) is 0 Å². The van der Waals surface area contributed by atoms with Gasteiger partial charge >= 0.3 is 0 Å². The van der Waals surface area contributed by atoms with Gasteiger partial charge in [0.15, 0.2) is 0 Å². The summed E-state index contributed by atoms with van der Waals surface area (Å²) in [5.74, 6) is 6.36. The molecule has 0 aliphatic carbocycles. The Labute approximate surface area is 117 Å². The van der Waals surface area contributed by atoms with Gasteiger partial charge in [0.1, 0.15) is 5.82 Å². The van der Waals surface area contributed by atoms with Crippen LogP contribution < -0.4 is 11.3 Å². The number of nitrogens with two attached hydrogens (primary N) is 1. The van der Waals surface area contributed by atoms with Gasteiger partial charge in [-0.1, -0.05) is 13.8 Å². The molecule has 6 nitrogen and oxygen atoms in total. The summed E-state index contributed by atoms with van der Waals surface area (Å²) in [6.07, 6.45) is 0. The zero-order valence-electron chi connectivity index (χ0n) is 12.0. The highest BCUT2D eigenvalue weighted by Crippen LogP contribution is 2.33. The molecule has 0 amide bonds. The number of nitrogen functional groups attached to an aromatic ring is 1. The van der Waals surface area contributed by atoms with Crippen molar-refractivity contribution in [3.05, 3.63) is 38.9 Å². The first-order chi connectivity index (χ1) is 9.36. The van der Waals surface area contributed by atoms with Crippen LogP contribution in [0.2, 0.25) is 0 Å². The molecule has 0 spiro atoms. The molecule has 0 radical (unpaired) electrons. The highest BCUT2D eigenvalue weighted by molar-refractivity contribution is 5.90. The summed E-state index contributed by atoms with van der Waals surface area (Å²) in [6, 6.07) is 3.50. The molecule has 0 saturated carbocycles. The van der Waals surface area contributed by atoms with Crippen molar-refractivity contribution >= 4 is 22.4 Å². The molecule has 0 unspecified atom stereocenters. The molecule has 20 heavy (non-hydrogen) atoms. The predicted molar refractivity (Wildman–Crippen MR) is 79.8 cm³/mol. The zero-order chi connectivity index (χ0) is 15.0. The Hall–Kier alpha value is -2.21. The third-order valence-corrected chi connectivity index (χ3v) is 3.52. The van der Waals surface area contributed by atoms with Crippen LogP contribution in [0.25, 0.3) is 10.9 Å². The van der Waals surface area contributed by atoms with Crippen molar-refractivity contribution in [2.45, 2.75) is 33.6 Å². The Bertz CT molecular complexity index is 695. The van der Waals surface area contributed by atoms with Gasteiger partial charge in [-0.3, -0.25) is 10.1 Å². The topological polar surface area (TPSA) is 94.1 Å². The van der Waals surface area contributed by atoms with E-state index < -0.39 is 0 Å². The van der Waals surface area contributed by atoms with E-state index in [0.717, 1.165) is 22.0 Å². The summed E-state index contributed by atoms with van der Waals surface area (Å²) in [4.78, 5) is 15.3. The van der Waals surface area contributed by atoms with Crippen LogP contribution in [0.15, 0.2) is 12.1 Å². The van der Waals surface area contributed by atoms with Gasteiger partial charge in [-0.05, 0) is 37.0 Å². The summed E-state index contributed by atoms with van der Waals surface area (Å²) in [5, 5.41) is 11.9. The van der Waals surface area contributed by atoms with Crippen molar-refractivity contribution in [1.82, 2.24) is 4.98 Å². The fourth-order valence-electron chi connectivity index (χ4n) is 2.38. The van der Waals surface area contributed by atoms with Crippen LogP contribution in [-0.2, 0) is 0 Å². The predicted octanol–water partition coefficient (Wildman–Crippen LogP) is 3.17. The van der Waals surface area contributed by atoms with Crippen LogP contribution in [0.5, 0.6) is 0 Å². The van der Waals surface area contributed by atoms with E-state index in [9.17, 15) is 10.1 Å². The summed E-state index contributed by atoms with van der Waals surface area (Å²) < 4.78 is 0. The Kier molecular flexibility index (Phi) is 3.59. The summed E-state index contributed by atoms with van der Waals surface area (Å²) in [6.45, 7) is 7.63. The number of aryl methyl sites for hydroxylation is 2. The number of nitrogens with one attached hydrogen (secondary N) is 1. The second-order valence-electron chi connectivity index (χ2n) is 5.22. The molecule has 0 saturated heterocycles. The standard InChI is InChI=1S/C14H18N4O2/c1-7(2)10-6-11-9(4)12(18(19)20)5-8(3)13(11)16-14(10)17-15/h5-7H,15H2,1-4H3,(H,16,17). The van der Waals surface area contributed by atoms with Crippen LogP contribution in [0.4, 0.5) is 11.5 Å². The first-order valence-corrected chi connectivity index (χ1v) is 6.42. The van der Waals surface area contributed by atoms with Crippen LogP contribution >= 0.6 is 0 Å². The quantitative estimate of drug-likeness (QED) is 0.509. The van der Waals surface area contributed by atoms with Gasteiger partial charge < -0.3 is 5.43 Å². The number of pyridine rings is 1. The second-order valence-corrected chi connectivity index (χ2v) is 5.22. The molecular formula is C14H18N4O2. The fourth-order valence-corrected chi connectivity index (χ4v) is 2.38. The van der Waals surface area contributed by atoms with E-state index in [4.69, 9.17) is 5.84 Å². The van der Waals surface area contributed by atoms with Crippen molar-refractivity contribution in [2.24, 2.45) is 5.84 Å². The lowest BCUT2D eigenvalue weighted by molar-refractivity contribution is -0.385. The molecule has 2 aromatic rings. The molecule has 1 aromatic carbocycles. The van der Waals surface area contributed by atoms with E-state index in [1.807, 2.05) is 26.8 Å². The smallest absolute Gasteiger partial charge is 0.273 e. The van der Waals surface area contributed by atoms with Crippen LogP contribution in [-0.4, -0.2) is 9.91 Å². The molecule has 0 aliphatic heterocycles. The third-order valence-electron chi connectivity index (χ3n) is 3.52. The Balaban J connectivity index is 2.89. The molecule has 0 bridgehead atoms. The molecule has 0 atom stereocenters. The zero-order valence-corrected chi connectivity index (χ0v) is 12.0. The number of rotatable bonds is 3. The maximum Gasteiger partial charge on any atom is 0.273 e. The van der Waals surface area contributed by atoms with Crippen molar-refractivity contribution in [3.63, 3.8) is 0 Å². The van der Waals surface area contributed by atoms with Gasteiger partial charge in [0, 0.05) is 17.0 Å². The second kappa shape index (κ2) is 5.05. The Morgan fingerprint density at radius 2 is 2.00 bits per heavy atom. The first-order valence-electron chi connectivity index (χ1n) is 6.42. The third kappa shape index (κ3) is 2.18. The number of benzene rings is 1. The van der Waals surface area contributed by atoms with Crippen molar-refractivity contribution in [1.29, 1.82) is 0 Å². The normalized spacial score (nSPS) is 11.1. The summed E-state index contributed by atoms with van der Waals surface area (Å²) >= 11 is 0. The van der Waals surface area contributed by atoms with E-state index >= 15 is 0 Å². The van der Waals surface area contributed by atoms with Crippen molar-refractivity contribution < 1.29 is 4.92 Å². The lowest BCUT2D eigenvalue weighted by Crippen LogP contribution is -2.12. The summed E-state index contributed by atoms with van der Waals surface area (Å²) in [5.41, 5.74) is 5.82. The number of nitro benzene ring substituents is 1. The number of anilines is 1. The molecule has 106 valence electrons. The monoisotopic (exact) mass is 274 g/mol. The molecule has 0 fully saturated rings. The van der Waals surface area contributed by atoms with E-state index in [1.165, 1.54) is 0 Å². The van der Waals surface area contributed by atoms with Crippen LogP contribution in [0, 0.1) is 24.0 Å². The number of fused-ring (bicyclic) bond motifs is 1. The van der Waals surface area contributed by atoms with Crippen molar-refractivity contribution in [3.8, 4) is 0 Å². The molecule has 3 N–H and O–H groups in total. The number of nitro groups is 1. The van der Waals surface area contributed by atoms with Gasteiger partial charge in [0.05, 0.1) is 10.4 Å². The molecular weight excluding hydrogens is 256 g/mol. The highest BCUT2D eigenvalue weighted by Gasteiger charge is 2.19. The van der Waals surface area contributed by atoms with Gasteiger partial charge in [0.25, 0.3) is 5.69 Å². The minimum Gasteiger partial charge on any atom is -0.308 e. The lowest BCUT2D eigenvalue weighted by Gasteiger charge is -2.15. The molecule has 1 aromatic heterocycles. The number of hydrogen-bond donors (Lipinski definition) is 2. The molecule has 1 heterocycles. The van der Waals surface area contributed by atoms with Crippen molar-refractivity contribution in [2.75, 3.05) is 5.43 Å². The molecule has 0 aliphatic rings. The molecule has 6 heteroatoms. The van der Waals surface area contributed by atoms with Gasteiger partial charge in [0.2, 0.25) is 0 Å². The van der Waals surface area contributed by atoms with E-state index in [2.05, 4.69) is 10.4 Å². The average Bonchev–Trinajstić information content (AvgIpc) is 2.40.